The first kappa shape index (κ1) is 21.1. The van der Waals surface area contributed by atoms with Crippen molar-refractivity contribution >= 4 is 54.4 Å². The first-order chi connectivity index (χ1) is 18.8. The van der Waals surface area contributed by atoms with Crippen molar-refractivity contribution < 1.29 is 0 Å². The number of aromatic nitrogens is 3. The fraction of sp³-hybridized carbons (Fsp3) is 0.0286. The van der Waals surface area contributed by atoms with Crippen LogP contribution in [0.15, 0.2) is 121 Å². The number of aryl methyl sites for hydroxylation is 1. The van der Waals surface area contributed by atoms with Gasteiger partial charge in [0.25, 0.3) is 0 Å². The van der Waals surface area contributed by atoms with E-state index in [1.54, 1.807) is 0 Å². The molecule has 0 aliphatic heterocycles. The van der Waals surface area contributed by atoms with E-state index in [-0.39, 0.29) is 0 Å². The van der Waals surface area contributed by atoms with Crippen molar-refractivity contribution in [3.8, 4) is 16.8 Å². The van der Waals surface area contributed by atoms with E-state index in [1.165, 1.54) is 43.7 Å². The predicted octanol–water partition coefficient (Wildman–Crippen LogP) is 9.01. The van der Waals surface area contributed by atoms with E-state index in [1.807, 2.05) is 13.1 Å². The van der Waals surface area contributed by atoms with E-state index in [0.29, 0.717) is 0 Å². The Morgan fingerprint density at radius 1 is 0.500 bits per heavy atom. The molecule has 0 fully saturated rings. The molecule has 3 nitrogen and oxygen atoms in total. The SMILES string of the molecule is Cc1cnc2c3ccccc3c3cc(-c4cccc(-n5c6ccccc6c6ccccc65)c4)ccc3c2n1. The van der Waals surface area contributed by atoms with Crippen molar-refractivity contribution in [2.24, 2.45) is 0 Å². The Kier molecular flexibility index (Phi) is 4.44. The molecule has 0 saturated heterocycles. The number of hydrogen-bond donors (Lipinski definition) is 0. The van der Waals surface area contributed by atoms with Crippen LogP contribution in [-0.2, 0) is 0 Å². The predicted molar refractivity (Wildman–Crippen MR) is 159 cm³/mol. The molecule has 0 spiro atoms. The highest BCUT2D eigenvalue weighted by atomic mass is 15.0. The van der Waals surface area contributed by atoms with Gasteiger partial charge in [-0.15, -0.1) is 0 Å². The van der Waals surface area contributed by atoms with Gasteiger partial charge < -0.3 is 4.57 Å². The van der Waals surface area contributed by atoms with Gasteiger partial charge in [0.2, 0.25) is 0 Å². The minimum absolute atomic E-state index is 0.928. The lowest BCUT2D eigenvalue weighted by Gasteiger charge is -2.13. The van der Waals surface area contributed by atoms with Gasteiger partial charge in [-0.2, -0.15) is 0 Å². The lowest BCUT2D eigenvalue weighted by molar-refractivity contribution is 1.18. The molecule has 0 saturated carbocycles. The summed E-state index contributed by atoms with van der Waals surface area (Å²) in [4.78, 5) is 9.66. The largest absolute Gasteiger partial charge is 0.309 e. The molecule has 2 heterocycles. The molecule has 6 aromatic carbocycles. The number of benzene rings is 6. The summed E-state index contributed by atoms with van der Waals surface area (Å²) in [6.07, 6.45) is 1.86. The third-order valence-corrected chi connectivity index (χ3v) is 7.66. The lowest BCUT2D eigenvalue weighted by atomic mass is 9.95. The summed E-state index contributed by atoms with van der Waals surface area (Å²) < 4.78 is 2.37. The van der Waals surface area contributed by atoms with Gasteiger partial charge in [-0.05, 0) is 59.2 Å². The first-order valence-corrected chi connectivity index (χ1v) is 12.9. The monoisotopic (exact) mass is 485 g/mol. The second kappa shape index (κ2) is 7.99. The number of hydrogen-bond acceptors (Lipinski definition) is 2. The summed E-state index contributed by atoms with van der Waals surface area (Å²) in [7, 11) is 0. The molecule has 0 amide bonds. The molecule has 0 unspecified atom stereocenters. The summed E-state index contributed by atoms with van der Waals surface area (Å²) in [5, 5.41) is 7.22. The Bertz CT molecular complexity index is 2150. The summed E-state index contributed by atoms with van der Waals surface area (Å²) >= 11 is 0. The molecular weight excluding hydrogens is 462 g/mol. The highest BCUT2D eigenvalue weighted by molar-refractivity contribution is 6.23. The van der Waals surface area contributed by atoms with Crippen molar-refractivity contribution in [1.29, 1.82) is 0 Å². The Morgan fingerprint density at radius 3 is 1.89 bits per heavy atom. The zero-order valence-corrected chi connectivity index (χ0v) is 20.9. The molecule has 0 N–H and O–H groups in total. The van der Waals surface area contributed by atoms with E-state index in [9.17, 15) is 0 Å². The molecule has 0 bridgehead atoms. The van der Waals surface area contributed by atoms with Gasteiger partial charge in [0, 0.05) is 33.4 Å². The molecule has 0 atom stereocenters. The number of nitrogens with zero attached hydrogens (tertiary/aromatic N) is 3. The normalized spacial score (nSPS) is 11.8. The molecule has 8 aromatic rings. The van der Waals surface area contributed by atoms with Gasteiger partial charge in [-0.3, -0.25) is 4.98 Å². The molecular formula is C35H23N3. The quantitative estimate of drug-likeness (QED) is 0.229. The van der Waals surface area contributed by atoms with Crippen LogP contribution in [0.3, 0.4) is 0 Å². The third kappa shape index (κ3) is 3.02. The smallest absolute Gasteiger partial charge is 0.0974 e. The fourth-order valence-corrected chi connectivity index (χ4v) is 5.97. The average Bonchev–Trinajstić information content (AvgIpc) is 3.31. The summed E-state index contributed by atoms with van der Waals surface area (Å²) in [6.45, 7) is 2.00. The summed E-state index contributed by atoms with van der Waals surface area (Å²) in [6, 6.07) is 41.4. The zero-order valence-electron chi connectivity index (χ0n) is 20.9. The van der Waals surface area contributed by atoms with E-state index in [2.05, 4.69) is 120 Å². The third-order valence-electron chi connectivity index (χ3n) is 7.66. The Morgan fingerprint density at radius 2 is 1.13 bits per heavy atom. The second-order valence-electron chi connectivity index (χ2n) is 9.93. The standard InChI is InChI=1S/C35H23N3/c1-22-21-36-34-29-14-3-2-11-26(29)31-20-24(17-18-30(31)35(34)37-22)23-9-8-10-25(19-23)38-32-15-6-4-12-27(32)28-13-5-7-16-33(28)38/h2-21H,1H3. The van der Waals surface area contributed by atoms with Gasteiger partial charge in [-0.25, -0.2) is 4.98 Å². The van der Waals surface area contributed by atoms with Crippen molar-refractivity contribution in [2.45, 2.75) is 6.92 Å². The van der Waals surface area contributed by atoms with Crippen molar-refractivity contribution in [3.63, 3.8) is 0 Å². The number of fused-ring (bicyclic) bond motifs is 9. The maximum Gasteiger partial charge on any atom is 0.0974 e. The van der Waals surface area contributed by atoms with Gasteiger partial charge in [0.1, 0.15) is 0 Å². The highest BCUT2D eigenvalue weighted by Crippen LogP contribution is 2.37. The molecule has 8 rings (SSSR count). The van der Waals surface area contributed by atoms with E-state index >= 15 is 0 Å². The minimum atomic E-state index is 0.928. The van der Waals surface area contributed by atoms with E-state index in [4.69, 9.17) is 9.97 Å². The topological polar surface area (TPSA) is 30.7 Å². The lowest BCUT2D eigenvalue weighted by Crippen LogP contribution is -1.94. The average molecular weight is 486 g/mol. The van der Waals surface area contributed by atoms with Gasteiger partial charge in [0.05, 0.1) is 27.8 Å². The molecule has 0 aliphatic rings. The van der Waals surface area contributed by atoms with Crippen LogP contribution < -0.4 is 0 Å². The first-order valence-electron chi connectivity index (χ1n) is 12.9. The minimum Gasteiger partial charge on any atom is -0.309 e. The van der Waals surface area contributed by atoms with Crippen LogP contribution in [0.1, 0.15) is 5.69 Å². The molecule has 3 heteroatoms. The van der Waals surface area contributed by atoms with Gasteiger partial charge >= 0.3 is 0 Å². The van der Waals surface area contributed by atoms with Gasteiger partial charge in [0.15, 0.2) is 0 Å². The zero-order chi connectivity index (χ0) is 25.2. The molecule has 2 aromatic heterocycles. The van der Waals surface area contributed by atoms with Crippen LogP contribution in [0, 0.1) is 6.92 Å². The second-order valence-corrected chi connectivity index (χ2v) is 9.93. The number of para-hydroxylation sites is 2. The van der Waals surface area contributed by atoms with Crippen molar-refractivity contribution in [1.82, 2.24) is 14.5 Å². The molecule has 0 radical (unpaired) electrons. The molecule has 178 valence electrons. The van der Waals surface area contributed by atoms with Crippen LogP contribution in [0.25, 0.3) is 71.2 Å². The Balaban J connectivity index is 1.38. The molecule has 38 heavy (non-hydrogen) atoms. The van der Waals surface area contributed by atoms with Gasteiger partial charge in [-0.1, -0.05) is 84.9 Å². The summed E-state index contributed by atoms with van der Waals surface area (Å²) in [5.74, 6) is 0. The van der Waals surface area contributed by atoms with E-state index in [0.717, 1.165) is 33.2 Å². The Hall–Kier alpha value is -5.02. The maximum atomic E-state index is 4.90. The van der Waals surface area contributed by atoms with Crippen LogP contribution in [0.4, 0.5) is 0 Å². The van der Waals surface area contributed by atoms with Crippen LogP contribution in [0.5, 0.6) is 0 Å². The van der Waals surface area contributed by atoms with Crippen LogP contribution in [0.2, 0.25) is 0 Å². The fourth-order valence-electron chi connectivity index (χ4n) is 5.97. The van der Waals surface area contributed by atoms with E-state index < -0.39 is 0 Å². The van der Waals surface area contributed by atoms with Crippen molar-refractivity contribution in [2.75, 3.05) is 0 Å². The van der Waals surface area contributed by atoms with Crippen molar-refractivity contribution in [3.05, 3.63) is 127 Å². The number of rotatable bonds is 2. The van der Waals surface area contributed by atoms with Crippen LogP contribution in [-0.4, -0.2) is 14.5 Å². The highest BCUT2D eigenvalue weighted by Gasteiger charge is 2.14. The molecule has 0 aliphatic carbocycles. The van der Waals surface area contributed by atoms with Crippen LogP contribution >= 0.6 is 0 Å². The maximum absolute atomic E-state index is 4.90. The summed E-state index contributed by atoms with van der Waals surface area (Å²) in [5.41, 5.74) is 8.81. The Labute approximate surface area is 219 Å².